The van der Waals surface area contributed by atoms with Crippen LogP contribution in [-0.4, -0.2) is 5.91 Å². The highest BCUT2D eigenvalue weighted by Crippen LogP contribution is 2.20. The molecule has 1 N–H and O–H groups in total. The molecule has 0 unspecified atom stereocenters. The number of hydrogen-bond acceptors (Lipinski definition) is 1. The summed E-state index contributed by atoms with van der Waals surface area (Å²) in [5.74, 6) is -0.647. The van der Waals surface area contributed by atoms with Gasteiger partial charge in [-0.1, -0.05) is 17.2 Å². The lowest BCUT2D eigenvalue weighted by molar-refractivity contribution is 0.102. The Labute approximate surface area is 119 Å². The van der Waals surface area contributed by atoms with E-state index in [-0.39, 0.29) is 5.91 Å². The summed E-state index contributed by atoms with van der Waals surface area (Å²) in [5.41, 5.74) is 3.05. The first-order valence-corrected chi connectivity index (χ1v) is 6.60. The number of carbonyl (C=O) groups is 1. The standard InChI is InChI=1S/C15H13BrFNO/c1-9-5-10(2)7-11(6-9)15(19)18-12-3-4-13(16)14(17)8-12/h3-8H,1-2H3,(H,18,19). The van der Waals surface area contributed by atoms with Crippen LogP contribution < -0.4 is 5.32 Å². The number of rotatable bonds is 2. The lowest BCUT2D eigenvalue weighted by Crippen LogP contribution is -2.12. The SMILES string of the molecule is Cc1cc(C)cc(C(=O)Nc2ccc(Br)c(F)c2)c1. The van der Waals surface area contributed by atoms with E-state index in [9.17, 15) is 9.18 Å². The molecule has 0 radical (unpaired) electrons. The van der Waals surface area contributed by atoms with Gasteiger partial charge < -0.3 is 5.32 Å². The van der Waals surface area contributed by atoms with E-state index in [2.05, 4.69) is 21.2 Å². The monoisotopic (exact) mass is 321 g/mol. The summed E-state index contributed by atoms with van der Waals surface area (Å²) in [5, 5.41) is 2.68. The largest absolute Gasteiger partial charge is 0.322 e. The van der Waals surface area contributed by atoms with E-state index in [1.807, 2.05) is 19.9 Å². The Bertz CT molecular complexity index is 620. The van der Waals surface area contributed by atoms with Crippen molar-refractivity contribution in [1.82, 2.24) is 0 Å². The van der Waals surface area contributed by atoms with Crippen LogP contribution in [0.25, 0.3) is 0 Å². The first-order chi connectivity index (χ1) is 8.95. The molecule has 0 aliphatic carbocycles. The number of aryl methyl sites for hydroxylation is 2. The molecule has 2 rings (SSSR count). The van der Waals surface area contributed by atoms with E-state index in [0.29, 0.717) is 15.7 Å². The van der Waals surface area contributed by atoms with Gasteiger partial charge in [0.15, 0.2) is 0 Å². The number of hydrogen-bond donors (Lipinski definition) is 1. The van der Waals surface area contributed by atoms with Crippen LogP contribution in [-0.2, 0) is 0 Å². The Morgan fingerprint density at radius 1 is 1.11 bits per heavy atom. The number of halogens is 2. The summed E-state index contributed by atoms with van der Waals surface area (Å²) in [4.78, 5) is 12.1. The Morgan fingerprint density at radius 2 is 1.74 bits per heavy atom. The minimum absolute atomic E-state index is 0.242. The van der Waals surface area contributed by atoms with Gasteiger partial charge in [-0.2, -0.15) is 0 Å². The molecule has 2 aromatic carbocycles. The van der Waals surface area contributed by atoms with Gasteiger partial charge in [-0.3, -0.25) is 4.79 Å². The zero-order valence-electron chi connectivity index (χ0n) is 10.6. The van der Waals surface area contributed by atoms with Crippen LogP contribution in [0.1, 0.15) is 21.5 Å². The molecule has 2 aromatic rings. The maximum atomic E-state index is 13.4. The maximum Gasteiger partial charge on any atom is 0.255 e. The van der Waals surface area contributed by atoms with Gasteiger partial charge in [0.25, 0.3) is 5.91 Å². The summed E-state index contributed by atoms with van der Waals surface area (Å²) in [6, 6.07) is 10.1. The second-order valence-electron chi connectivity index (χ2n) is 4.46. The first-order valence-electron chi connectivity index (χ1n) is 5.80. The van der Waals surface area contributed by atoms with Crippen molar-refractivity contribution in [3.8, 4) is 0 Å². The second kappa shape index (κ2) is 5.53. The molecule has 0 heterocycles. The van der Waals surface area contributed by atoms with Gasteiger partial charge in [0.1, 0.15) is 5.82 Å². The Morgan fingerprint density at radius 3 is 2.32 bits per heavy atom. The minimum Gasteiger partial charge on any atom is -0.322 e. The van der Waals surface area contributed by atoms with Crippen molar-refractivity contribution in [2.45, 2.75) is 13.8 Å². The van der Waals surface area contributed by atoms with Crippen molar-refractivity contribution >= 4 is 27.5 Å². The molecule has 0 atom stereocenters. The van der Waals surface area contributed by atoms with E-state index in [1.54, 1.807) is 24.3 Å². The van der Waals surface area contributed by atoms with E-state index >= 15 is 0 Å². The maximum absolute atomic E-state index is 13.4. The Hall–Kier alpha value is -1.68. The van der Waals surface area contributed by atoms with Gasteiger partial charge in [0.05, 0.1) is 4.47 Å². The summed E-state index contributed by atoms with van der Waals surface area (Å²) in [6.45, 7) is 3.87. The van der Waals surface area contributed by atoms with Gasteiger partial charge >= 0.3 is 0 Å². The number of amides is 1. The third kappa shape index (κ3) is 3.41. The van der Waals surface area contributed by atoms with Crippen molar-refractivity contribution in [3.05, 3.63) is 63.4 Å². The summed E-state index contributed by atoms with van der Waals surface area (Å²) < 4.78 is 13.7. The molecular weight excluding hydrogens is 309 g/mol. The van der Waals surface area contributed by atoms with Gasteiger partial charge in [0.2, 0.25) is 0 Å². The highest BCUT2D eigenvalue weighted by Gasteiger charge is 2.08. The van der Waals surface area contributed by atoms with Crippen LogP contribution >= 0.6 is 15.9 Å². The van der Waals surface area contributed by atoms with E-state index < -0.39 is 5.82 Å². The molecule has 0 saturated carbocycles. The molecule has 0 fully saturated rings. The predicted octanol–water partition coefficient (Wildman–Crippen LogP) is 4.46. The van der Waals surface area contributed by atoms with Crippen LogP contribution in [0.3, 0.4) is 0 Å². The fraction of sp³-hybridized carbons (Fsp3) is 0.133. The average Bonchev–Trinajstić information content (AvgIpc) is 2.32. The van der Waals surface area contributed by atoms with Crippen LogP contribution in [0.4, 0.5) is 10.1 Å². The van der Waals surface area contributed by atoms with Crippen LogP contribution in [0.15, 0.2) is 40.9 Å². The number of benzene rings is 2. The fourth-order valence-corrected chi connectivity index (χ4v) is 2.13. The normalized spacial score (nSPS) is 10.3. The second-order valence-corrected chi connectivity index (χ2v) is 5.31. The molecule has 0 aliphatic rings. The van der Waals surface area contributed by atoms with Crippen molar-refractivity contribution < 1.29 is 9.18 Å². The smallest absolute Gasteiger partial charge is 0.255 e. The van der Waals surface area contributed by atoms with Crippen LogP contribution in [0.5, 0.6) is 0 Å². The molecular formula is C15H13BrFNO. The van der Waals surface area contributed by atoms with E-state index in [0.717, 1.165) is 11.1 Å². The third-order valence-corrected chi connectivity index (χ3v) is 3.30. The highest BCUT2D eigenvalue weighted by atomic mass is 79.9. The predicted molar refractivity (Wildman–Crippen MR) is 78.0 cm³/mol. The molecule has 0 bridgehead atoms. The first kappa shape index (κ1) is 13.7. The lowest BCUT2D eigenvalue weighted by atomic mass is 10.1. The van der Waals surface area contributed by atoms with E-state index in [1.165, 1.54) is 6.07 Å². The molecule has 0 aromatic heterocycles. The Balaban J connectivity index is 2.22. The molecule has 19 heavy (non-hydrogen) atoms. The zero-order chi connectivity index (χ0) is 14.0. The van der Waals surface area contributed by atoms with Crippen molar-refractivity contribution in [1.29, 1.82) is 0 Å². The molecule has 0 saturated heterocycles. The molecule has 1 amide bonds. The summed E-state index contributed by atoms with van der Waals surface area (Å²) >= 11 is 3.07. The minimum atomic E-state index is -0.404. The summed E-state index contributed by atoms with van der Waals surface area (Å²) in [7, 11) is 0. The van der Waals surface area contributed by atoms with Crippen LogP contribution in [0.2, 0.25) is 0 Å². The zero-order valence-corrected chi connectivity index (χ0v) is 12.2. The Kier molecular flexibility index (Phi) is 4.00. The van der Waals surface area contributed by atoms with E-state index in [4.69, 9.17) is 0 Å². The molecule has 0 aliphatic heterocycles. The summed E-state index contributed by atoms with van der Waals surface area (Å²) in [6.07, 6.45) is 0. The van der Waals surface area contributed by atoms with Crippen molar-refractivity contribution in [2.24, 2.45) is 0 Å². The van der Waals surface area contributed by atoms with Gasteiger partial charge in [-0.15, -0.1) is 0 Å². The quantitative estimate of drug-likeness (QED) is 0.869. The molecule has 0 spiro atoms. The molecule has 2 nitrogen and oxygen atoms in total. The number of carbonyl (C=O) groups excluding carboxylic acids is 1. The van der Waals surface area contributed by atoms with Gasteiger partial charge in [-0.25, -0.2) is 4.39 Å². The number of nitrogens with one attached hydrogen (secondary N) is 1. The van der Waals surface area contributed by atoms with Crippen LogP contribution in [0, 0.1) is 19.7 Å². The van der Waals surface area contributed by atoms with Gasteiger partial charge in [-0.05, 0) is 60.1 Å². The topological polar surface area (TPSA) is 29.1 Å². The third-order valence-electron chi connectivity index (χ3n) is 2.66. The highest BCUT2D eigenvalue weighted by molar-refractivity contribution is 9.10. The fourth-order valence-electron chi connectivity index (χ4n) is 1.88. The van der Waals surface area contributed by atoms with Gasteiger partial charge in [0, 0.05) is 11.3 Å². The lowest BCUT2D eigenvalue weighted by Gasteiger charge is -2.07. The van der Waals surface area contributed by atoms with Crippen molar-refractivity contribution in [3.63, 3.8) is 0 Å². The average molecular weight is 322 g/mol. The molecule has 4 heteroatoms. The molecule has 98 valence electrons. The number of anilines is 1. The van der Waals surface area contributed by atoms with Crippen molar-refractivity contribution in [2.75, 3.05) is 5.32 Å².